The van der Waals surface area contributed by atoms with Crippen LogP contribution in [0.4, 0.5) is 0 Å². The molecule has 0 aliphatic carbocycles. The molecule has 0 aromatic carbocycles. The van der Waals surface area contributed by atoms with Gasteiger partial charge in [0.2, 0.25) is 0 Å². The number of hydrogen-bond acceptors (Lipinski definition) is 3. The Hall–Kier alpha value is -0.770. The number of rotatable bonds is 5. The zero-order valence-electron chi connectivity index (χ0n) is 9.13. The smallest absolute Gasteiger partial charge is 0.284 e. The lowest BCUT2D eigenvalue weighted by molar-refractivity contribution is 0.374. The van der Waals surface area contributed by atoms with Crippen LogP contribution in [0.25, 0.3) is 0 Å². The Balaban J connectivity index is 3.54. The maximum Gasteiger partial charge on any atom is 0.284 e. The molecule has 0 rings (SSSR count). The van der Waals surface area contributed by atoms with Crippen LogP contribution in [0, 0.1) is 0 Å². The molecular weight excluding hydrogens is 166 g/mol. The highest BCUT2D eigenvalue weighted by Crippen LogP contribution is 1.85. The topological polar surface area (TPSA) is 36.9 Å². The van der Waals surface area contributed by atoms with E-state index in [1.807, 2.05) is 6.92 Å². The molecule has 0 amide bonds. The standard InChI is InChI=1S/C9H21N3O/c1-5-10-9(13-4)11-7-6-8-12(2)3/h5-8H2,1-4H3,(H,10,11). The van der Waals surface area contributed by atoms with Gasteiger partial charge in [-0.15, -0.1) is 0 Å². The lowest BCUT2D eigenvalue weighted by Crippen LogP contribution is -2.25. The number of ether oxygens (including phenoxy) is 1. The summed E-state index contributed by atoms with van der Waals surface area (Å²) in [6.45, 7) is 4.75. The lowest BCUT2D eigenvalue weighted by Gasteiger charge is -2.08. The van der Waals surface area contributed by atoms with Crippen LogP contribution in [-0.4, -0.2) is 51.8 Å². The predicted molar refractivity (Wildman–Crippen MR) is 56.2 cm³/mol. The minimum Gasteiger partial charge on any atom is -0.469 e. The van der Waals surface area contributed by atoms with E-state index in [0.717, 1.165) is 26.1 Å². The monoisotopic (exact) mass is 187 g/mol. The van der Waals surface area contributed by atoms with Gasteiger partial charge >= 0.3 is 0 Å². The van der Waals surface area contributed by atoms with Crippen LogP contribution in [0.5, 0.6) is 0 Å². The Morgan fingerprint density at radius 3 is 2.62 bits per heavy atom. The molecule has 0 radical (unpaired) electrons. The van der Waals surface area contributed by atoms with E-state index >= 15 is 0 Å². The summed E-state index contributed by atoms with van der Waals surface area (Å²) in [4.78, 5) is 6.41. The maximum atomic E-state index is 5.02. The molecule has 4 heteroatoms. The van der Waals surface area contributed by atoms with Crippen LogP contribution in [0.2, 0.25) is 0 Å². The molecule has 13 heavy (non-hydrogen) atoms. The first kappa shape index (κ1) is 12.2. The van der Waals surface area contributed by atoms with Crippen molar-refractivity contribution in [3.05, 3.63) is 0 Å². The van der Waals surface area contributed by atoms with Gasteiger partial charge in [0.25, 0.3) is 6.02 Å². The van der Waals surface area contributed by atoms with Gasteiger partial charge in [-0.25, -0.2) is 4.99 Å². The maximum absolute atomic E-state index is 5.02. The van der Waals surface area contributed by atoms with Gasteiger partial charge in [-0.3, -0.25) is 0 Å². The molecule has 0 aromatic rings. The second-order valence-electron chi connectivity index (χ2n) is 3.08. The second kappa shape index (κ2) is 7.86. The van der Waals surface area contributed by atoms with Crippen molar-refractivity contribution in [3.8, 4) is 0 Å². The van der Waals surface area contributed by atoms with E-state index in [1.54, 1.807) is 7.11 Å². The van der Waals surface area contributed by atoms with E-state index in [-0.39, 0.29) is 0 Å². The van der Waals surface area contributed by atoms with Gasteiger partial charge in [-0.2, -0.15) is 0 Å². The van der Waals surface area contributed by atoms with Crippen molar-refractivity contribution in [3.63, 3.8) is 0 Å². The van der Waals surface area contributed by atoms with Crippen molar-refractivity contribution in [1.82, 2.24) is 10.2 Å². The summed E-state index contributed by atoms with van der Waals surface area (Å²) in [6.07, 6.45) is 1.06. The van der Waals surface area contributed by atoms with E-state index in [4.69, 9.17) is 4.74 Å². The van der Waals surface area contributed by atoms with Gasteiger partial charge in [0.15, 0.2) is 0 Å². The normalized spacial score (nSPS) is 11.9. The molecule has 0 aliphatic heterocycles. The molecule has 4 nitrogen and oxygen atoms in total. The van der Waals surface area contributed by atoms with E-state index in [9.17, 15) is 0 Å². The van der Waals surface area contributed by atoms with Crippen molar-refractivity contribution in [2.45, 2.75) is 13.3 Å². The number of amidine groups is 1. The van der Waals surface area contributed by atoms with Gasteiger partial charge in [-0.1, -0.05) is 0 Å². The molecule has 0 bridgehead atoms. The summed E-state index contributed by atoms with van der Waals surface area (Å²) in [6, 6.07) is 0.640. The van der Waals surface area contributed by atoms with Gasteiger partial charge in [-0.05, 0) is 34.0 Å². The highest BCUT2D eigenvalue weighted by Gasteiger charge is 1.94. The zero-order valence-corrected chi connectivity index (χ0v) is 9.13. The number of nitrogens with one attached hydrogen (secondary N) is 1. The Kier molecular flexibility index (Phi) is 7.39. The molecule has 0 spiro atoms. The minimum absolute atomic E-state index is 0.640. The average Bonchev–Trinajstić information content (AvgIpc) is 2.10. The Morgan fingerprint density at radius 2 is 2.15 bits per heavy atom. The Morgan fingerprint density at radius 1 is 1.46 bits per heavy atom. The van der Waals surface area contributed by atoms with Crippen molar-refractivity contribution in [2.24, 2.45) is 4.99 Å². The summed E-state index contributed by atoms with van der Waals surface area (Å²) >= 11 is 0. The molecule has 0 aliphatic rings. The van der Waals surface area contributed by atoms with Crippen molar-refractivity contribution in [1.29, 1.82) is 0 Å². The summed E-state index contributed by atoms with van der Waals surface area (Å²) < 4.78 is 5.02. The van der Waals surface area contributed by atoms with Gasteiger partial charge in [0, 0.05) is 13.1 Å². The van der Waals surface area contributed by atoms with Gasteiger partial charge < -0.3 is 15.0 Å². The molecule has 0 saturated carbocycles. The quantitative estimate of drug-likeness (QED) is 0.388. The van der Waals surface area contributed by atoms with Crippen LogP contribution < -0.4 is 5.32 Å². The molecule has 0 fully saturated rings. The first-order valence-corrected chi connectivity index (χ1v) is 4.67. The first-order chi connectivity index (χ1) is 6.20. The van der Waals surface area contributed by atoms with Crippen molar-refractivity contribution in [2.75, 3.05) is 40.8 Å². The first-order valence-electron chi connectivity index (χ1n) is 4.67. The van der Waals surface area contributed by atoms with Crippen LogP contribution >= 0.6 is 0 Å². The molecule has 1 N–H and O–H groups in total. The molecule has 0 heterocycles. The molecule has 0 saturated heterocycles. The Labute approximate surface area is 81.0 Å². The van der Waals surface area contributed by atoms with Crippen LogP contribution in [0.1, 0.15) is 13.3 Å². The zero-order chi connectivity index (χ0) is 10.1. The molecule has 0 aromatic heterocycles. The SMILES string of the molecule is CCNC(=NCCCN(C)C)OC. The molecule has 78 valence electrons. The van der Waals surface area contributed by atoms with E-state index in [2.05, 4.69) is 29.3 Å². The molecule has 0 unspecified atom stereocenters. The fourth-order valence-corrected chi connectivity index (χ4v) is 0.911. The van der Waals surface area contributed by atoms with Gasteiger partial charge in [0.05, 0.1) is 7.11 Å². The minimum atomic E-state index is 0.640. The van der Waals surface area contributed by atoms with E-state index in [1.165, 1.54) is 0 Å². The van der Waals surface area contributed by atoms with Crippen LogP contribution in [0.3, 0.4) is 0 Å². The molecular formula is C9H21N3O. The third-order valence-corrected chi connectivity index (χ3v) is 1.54. The number of nitrogens with zero attached hydrogens (tertiary/aromatic N) is 2. The van der Waals surface area contributed by atoms with Crippen molar-refractivity contribution >= 4 is 6.02 Å². The summed E-state index contributed by atoms with van der Waals surface area (Å²) in [5, 5.41) is 3.03. The largest absolute Gasteiger partial charge is 0.469 e. The second-order valence-corrected chi connectivity index (χ2v) is 3.08. The number of methoxy groups -OCH3 is 1. The molecule has 0 atom stereocenters. The fraction of sp³-hybridized carbons (Fsp3) is 0.889. The van der Waals surface area contributed by atoms with Gasteiger partial charge in [0.1, 0.15) is 0 Å². The summed E-state index contributed by atoms with van der Waals surface area (Å²) in [7, 11) is 5.75. The Bertz CT molecular complexity index is 146. The van der Waals surface area contributed by atoms with Crippen LogP contribution in [-0.2, 0) is 4.74 Å². The number of hydrogen-bond donors (Lipinski definition) is 1. The highest BCUT2D eigenvalue weighted by atomic mass is 16.5. The predicted octanol–water partition coefficient (Wildman–Crippen LogP) is 0.550. The van der Waals surface area contributed by atoms with Crippen LogP contribution in [0.15, 0.2) is 4.99 Å². The lowest BCUT2D eigenvalue weighted by atomic mass is 10.4. The average molecular weight is 187 g/mol. The van der Waals surface area contributed by atoms with E-state index in [0.29, 0.717) is 6.02 Å². The fourth-order valence-electron chi connectivity index (χ4n) is 0.911. The van der Waals surface area contributed by atoms with Crippen molar-refractivity contribution < 1.29 is 4.74 Å². The summed E-state index contributed by atoms with van der Waals surface area (Å²) in [5.74, 6) is 0. The third kappa shape index (κ3) is 7.59. The third-order valence-electron chi connectivity index (χ3n) is 1.54. The van der Waals surface area contributed by atoms with E-state index < -0.39 is 0 Å². The highest BCUT2D eigenvalue weighted by molar-refractivity contribution is 5.73. The number of aliphatic imine (C=N–C) groups is 1. The summed E-state index contributed by atoms with van der Waals surface area (Å²) in [5.41, 5.74) is 0.